The number of nitrogens with one attached hydrogen (secondary N) is 1. The van der Waals surface area contributed by atoms with E-state index in [9.17, 15) is 4.79 Å². The summed E-state index contributed by atoms with van der Waals surface area (Å²) >= 11 is 3.59. The van der Waals surface area contributed by atoms with Crippen molar-refractivity contribution in [3.05, 3.63) is 52.0 Å². The van der Waals surface area contributed by atoms with Crippen molar-refractivity contribution < 1.29 is 14.3 Å². The van der Waals surface area contributed by atoms with Gasteiger partial charge in [0, 0.05) is 28.6 Å². The highest BCUT2D eigenvalue weighted by atomic mass is 79.9. The molecular weight excluding hydrogens is 346 g/mol. The number of amides is 1. The number of anilines is 1. The van der Waals surface area contributed by atoms with Gasteiger partial charge in [-0.25, -0.2) is 0 Å². The van der Waals surface area contributed by atoms with E-state index in [-0.39, 0.29) is 11.8 Å². The molecule has 112 valence electrons. The fraction of sp³-hybridized carbons (Fsp3) is 0.235. The third kappa shape index (κ3) is 2.25. The Morgan fingerprint density at radius 2 is 1.77 bits per heavy atom. The van der Waals surface area contributed by atoms with Gasteiger partial charge in [0.25, 0.3) is 0 Å². The van der Waals surface area contributed by atoms with Crippen LogP contribution in [0, 0.1) is 0 Å². The number of carbonyl (C=O) groups excluding carboxylic acids is 1. The second-order valence-corrected chi connectivity index (χ2v) is 6.26. The van der Waals surface area contributed by atoms with Gasteiger partial charge in [-0.1, -0.05) is 34.1 Å². The first-order valence-corrected chi connectivity index (χ1v) is 7.99. The molecule has 4 rings (SSSR count). The predicted octanol–water partition coefficient (Wildman–Crippen LogP) is 3.69. The van der Waals surface area contributed by atoms with Crippen LogP contribution in [0.5, 0.6) is 11.5 Å². The van der Waals surface area contributed by atoms with Gasteiger partial charge in [-0.3, -0.25) is 4.79 Å². The molecule has 0 unspecified atom stereocenters. The van der Waals surface area contributed by atoms with Gasteiger partial charge in [0.15, 0.2) is 11.5 Å². The molecule has 1 N–H and O–H groups in total. The van der Waals surface area contributed by atoms with Crippen LogP contribution < -0.4 is 14.8 Å². The van der Waals surface area contributed by atoms with Crippen LogP contribution in [0.1, 0.15) is 23.5 Å². The summed E-state index contributed by atoms with van der Waals surface area (Å²) in [6.45, 7) is 1.09. The normalized spacial score (nSPS) is 19.3. The van der Waals surface area contributed by atoms with E-state index in [1.807, 2.05) is 36.4 Å². The van der Waals surface area contributed by atoms with Crippen molar-refractivity contribution in [2.45, 2.75) is 12.3 Å². The van der Waals surface area contributed by atoms with Crippen LogP contribution >= 0.6 is 15.9 Å². The molecule has 0 saturated heterocycles. The first kappa shape index (κ1) is 13.6. The summed E-state index contributed by atoms with van der Waals surface area (Å²) in [5, 5.41) is 2.94. The zero-order valence-corrected chi connectivity index (χ0v) is 13.4. The van der Waals surface area contributed by atoms with E-state index in [1.54, 1.807) is 0 Å². The van der Waals surface area contributed by atoms with E-state index in [1.165, 1.54) is 0 Å². The molecule has 0 aromatic heterocycles. The summed E-state index contributed by atoms with van der Waals surface area (Å²) in [7, 11) is 0. The molecule has 1 atom stereocenters. The molecule has 0 radical (unpaired) electrons. The first-order chi connectivity index (χ1) is 10.7. The molecule has 22 heavy (non-hydrogen) atoms. The molecule has 0 aliphatic carbocycles. The summed E-state index contributed by atoms with van der Waals surface area (Å²) in [5.74, 6) is 1.47. The van der Waals surface area contributed by atoms with E-state index in [2.05, 4.69) is 21.2 Å². The molecule has 2 aromatic rings. The molecule has 1 amide bonds. The van der Waals surface area contributed by atoms with Crippen LogP contribution in [0.2, 0.25) is 0 Å². The van der Waals surface area contributed by atoms with Crippen LogP contribution in [-0.2, 0) is 4.79 Å². The van der Waals surface area contributed by atoms with Gasteiger partial charge in [-0.2, -0.15) is 0 Å². The number of ether oxygens (including phenoxy) is 2. The lowest BCUT2D eigenvalue weighted by Gasteiger charge is -2.29. The number of carbonyl (C=O) groups is 1. The number of halogens is 1. The minimum atomic E-state index is 0.00940. The maximum atomic E-state index is 12.1. The van der Waals surface area contributed by atoms with Crippen LogP contribution in [0.4, 0.5) is 5.69 Å². The number of hydrogen-bond donors (Lipinski definition) is 1. The molecule has 2 heterocycles. The molecule has 0 bridgehead atoms. The lowest BCUT2D eigenvalue weighted by molar-refractivity contribution is -0.116. The Labute approximate surface area is 136 Å². The summed E-state index contributed by atoms with van der Waals surface area (Å²) in [6.07, 6.45) is 0.426. The zero-order valence-electron chi connectivity index (χ0n) is 11.8. The van der Waals surface area contributed by atoms with Crippen LogP contribution in [0.25, 0.3) is 0 Å². The maximum absolute atomic E-state index is 12.1. The van der Waals surface area contributed by atoms with Crippen molar-refractivity contribution >= 4 is 27.5 Å². The Balaban J connectivity index is 1.86. The molecule has 2 aromatic carbocycles. The Hall–Kier alpha value is -2.01. The van der Waals surface area contributed by atoms with Crippen molar-refractivity contribution in [1.82, 2.24) is 0 Å². The SMILES string of the molecule is O=C1C[C@H](c2ccccc2Br)c2cc3c(cc2N1)OCCO3. The van der Waals surface area contributed by atoms with E-state index in [0.717, 1.165) is 27.0 Å². The first-order valence-electron chi connectivity index (χ1n) is 7.20. The Morgan fingerprint density at radius 1 is 1.05 bits per heavy atom. The zero-order chi connectivity index (χ0) is 15.1. The second-order valence-electron chi connectivity index (χ2n) is 5.41. The van der Waals surface area contributed by atoms with Crippen molar-refractivity contribution in [2.24, 2.45) is 0 Å². The molecule has 2 aliphatic heterocycles. The van der Waals surface area contributed by atoms with Crippen molar-refractivity contribution in [3.63, 3.8) is 0 Å². The fourth-order valence-electron chi connectivity index (χ4n) is 3.03. The van der Waals surface area contributed by atoms with Crippen LogP contribution in [0.15, 0.2) is 40.9 Å². The molecule has 0 saturated carbocycles. The van der Waals surface area contributed by atoms with Gasteiger partial charge in [0.2, 0.25) is 5.91 Å². The van der Waals surface area contributed by atoms with Gasteiger partial charge in [-0.05, 0) is 23.3 Å². The van der Waals surface area contributed by atoms with Gasteiger partial charge in [0.05, 0.1) is 0 Å². The summed E-state index contributed by atoms with van der Waals surface area (Å²) in [5.41, 5.74) is 2.98. The lowest BCUT2D eigenvalue weighted by atomic mass is 9.84. The second kappa shape index (κ2) is 5.32. The van der Waals surface area contributed by atoms with Crippen molar-refractivity contribution in [2.75, 3.05) is 18.5 Å². The standard InChI is InChI=1S/C17H14BrNO3/c18-13-4-2-1-3-10(13)11-8-17(20)19-14-9-16-15(7-12(11)14)21-5-6-22-16/h1-4,7,9,11H,5-6,8H2,(H,19,20)/t11-/m1/s1. The minimum absolute atomic E-state index is 0.00940. The smallest absolute Gasteiger partial charge is 0.225 e. The maximum Gasteiger partial charge on any atom is 0.225 e. The third-order valence-electron chi connectivity index (χ3n) is 4.03. The molecular formula is C17H14BrNO3. The number of rotatable bonds is 1. The topological polar surface area (TPSA) is 47.6 Å². The van der Waals surface area contributed by atoms with E-state index >= 15 is 0 Å². The molecule has 5 heteroatoms. The number of hydrogen-bond acceptors (Lipinski definition) is 3. The largest absolute Gasteiger partial charge is 0.486 e. The minimum Gasteiger partial charge on any atom is -0.486 e. The average molecular weight is 360 g/mol. The third-order valence-corrected chi connectivity index (χ3v) is 4.76. The Kier molecular flexibility index (Phi) is 3.30. The molecule has 0 spiro atoms. The molecule has 0 fully saturated rings. The van der Waals surface area contributed by atoms with Gasteiger partial charge in [-0.15, -0.1) is 0 Å². The quantitative estimate of drug-likeness (QED) is 0.844. The summed E-state index contributed by atoms with van der Waals surface area (Å²) in [4.78, 5) is 12.1. The van der Waals surface area contributed by atoms with E-state index in [0.29, 0.717) is 25.4 Å². The average Bonchev–Trinajstić information content (AvgIpc) is 2.53. The van der Waals surface area contributed by atoms with E-state index < -0.39 is 0 Å². The van der Waals surface area contributed by atoms with E-state index in [4.69, 9.17) is 9.47 Å². The van der Waals surface area contributed by atoms with Crippen LogP contribution in [-0.4, -0.2) is 19.1 Å². The highest BCUT2D eigenvalue weighted by Crippen LogP contribution is 2.45. The lowest BCUT2D eigenvalue weighted by Crippen LogP contribution is -2.25. The van der Waals surface area contributed by atoms with Gasteiger partial charge >= 0.3 is 0 Å². The molecule has 4 nitrogen and oxygen atoms in total. The van der Waals surface area contributed by atoms with Gasteiger partial charge < -0.3 is 14.8 Å². The summed E-state index contributed by atoms with van der Waals surface area (Å²) in [6, 6.07) is 11.9. The summed E-state index contributed by atoms with van der Waals surface area (Å²) < 4.78 is 12.3. The number of fused-ring (bicyclic) bond motifs is 2. The molecule has 2 aliphatic rings. The van der Waals surface area contributed by atoms with Crippen LogP contribution in [0.3, 0.4) is 0 Å². The fourth-order valence-corrected chi connectivity index (χ4v) is 3.59. The van der Waals surface area contributed by atoms with Crippen molar-refractivity contribution in [1.29, 1.82) is 0 Å². The monoisotopic (exact) mass is 359 g/mol. The number of benzene rings is 2. The highest BCUT2D eigenvalue weighted by molar-refractivity contribution is 9.10. The van der Waals surface area contributed by atoms with Gasteiger partial charge in [0.1, 0.15) is 13.2 Å². The predicted molar refractivity (Wildman–Crippen MR) is 86.7 cm³/mol. The Bertz CT molecular complexity index is 760. The Morgan fingerprint density at radius 3 is 2.55 bits per heavy atom. The highest BCUT2D eigenvalue weighted by Gasteiger charge is 2.30. The van der Waals surface area contributed by atoms with Crippen molar-refractivity contribution in [3.8, 4) is 11.5 Å².